The summed E-state index contributed by atoms with van der Waals surface area (Å²) in [4.78, 5) is 21.6. The lowest BCUT2D eigenvalue weighted by Crippen LogP contribution is -2.33. The molecule has 2 N–H and O–H groups in total. The number of anilines is 1. The molecule has 2 rings (SSSR count). The maximum Gasteiger partial charge on any atom is 0.319 e. The summed E-state index contributed by atoms with van der Waals surface area (Å²) < 4.78 is 5.21. The molecule has 1 aliphatic rings. The maximum absolute atomic E-state index is 11.6. The van der Waals surface area contributed by atoms with Crippen LogP contribution in [-0.2, 0) is 4.74 Å². The maximum atomic E-state index is 11.6. The van der Waals surface area contributed by atoms with Crippen LogP contribution in [0.1, 0.15) is 6.42 Å². The van der Waals surface area contributed by atoms with Crippen molar-refractivity contribution < 1.29 is 14.5 Å². The summed E-state index contributed by atoms with van der Waals surface area (Å²) in [6.45, 7) is 1.99. The Bertz CT molecular complexity index is 455. The number of amides is 2. The number of carbonyl (C=O) groups is 1. The fraction of sp³-hybridized carbons (Fsp3) is 0.417. The van der Waals surface area contributed by atoms with Crippen LogP contribution in [0.15, 0.2) is 24.3 Å². The number of urea groups is 1. The Kier molecular flexibility index (Phi) is 4.30. The smallest absolute Gasteiger partial charge is 0.319 e. The summed E-state index contributed by atoms with van der Waals surface area (Å²) in [6, 6.07) is 5.37. The second kappa shape index (κ2) is 6.14. The van der Waals surface area contributed by atoms with Crippen LogP contribution >= 0.6 is 0 Å². The van der Waals surface area contributed by atoms with Crippen molar-refractivity contribution in [1.82, 2.24) is 5.32 Å². The normalized spacial score (nSPS) is 18.0. The molecule has 0 radical (unpaired) electrons. The van der Waals surface area contributed by atoms with Crippen molar-refractivity contribution in [3.05, 3.63) is 34.4 Å². The number of ether oxygens (including phenoxy) is 1. The van der Waals surface area contributed by atoms with E-state index in [4.69, 9.17) is 4.74 Å². The highest BCUT2D eigenvalue weighted by Crippen LogP contribution is 2.15. The van der Waals surface area contributed by atoms with Gasteiger partial charge in [-0.15, -0.1) is 0 Å². The van der Waals surface area contributed by atoms with Crippen molar-refractivity contribution in [3.8, 4) is 0 Å². The van der Waals surface area contributed by atoms with E-state index in [1.165, 1.54) is 24.3 Å². The predicted molar refractivity (Wildman–Crippen MR) is 69.0 cm³/mol. The fourth-order valence-corrected chi connectivity index (χ4v) is 1.82. The molecule has 0 aliphatic carbocycles. The summed E-state index contributed by atoms with van der Waals surface area (Å²) in [5.74, 6) is 0.364. The van der Waals surface area contributed by atoms with Crippen LogP contribution in [0.3, 0.4) is 0 Å². The number of hydrogen-bond acceptors (Lipinski definition) is 4. The van der Waals surface area contributed by atoms with Gasteiger partial charge in [-0.05, 0) is 18.6 Å². The summed E-state index contributed by atoms with van der Waals surface area (Å²) in [5.41, 5.74) is 0.514. The van der Waals surface area contributed by atoms with Crippen LogP contribution in [0.25, 0.3) is 0 Å². The topological polar surface area (TPSA) is 93.5 Å². The quantitative estimate of drug-likeness (QED) is 0.640. The molecule has 1 fully saturated rings. The monoisotopic (exact) mass is 265 g/mol. The Morgan fingerprint density at radius 2 is 2.16 bits per heavy atom. The Balaban J connectivity index is 1.79. The Morgan fingerprint density at radius 3 is 2.74 bits per heavy atom. The average molecular weight is 265 g/mol. The molecule has 102 valence electrons. The lowest BCUT2D eigenvalue weighted by Gasteiger charge is -2.10. The van der Waals surface area contributed by atoms with Gasteiger partial charge in [-0.25, -0.2) is 4.79 Å². The van der Waals surface area contributed by atoms with E-state index >= 15 is 0 Å². The minimum atomic E-state index is -0.482. The molecule has 1 aliphatic heterocycles. The molecule has 1 heterocycles. The zero-order valence-electron chi connectivity index (χ0n) is 10.3. The fourth-order valence-electron chi connectivity index (χ4n) is 1.82. The highest BCUT2D eigenvalue weighted by molar-refractivity contribution is 5.89. The predicted octanol–water partition coefficient (Wildman–Crippen LogP) is 1.75. The van der Waals surface area contributed by atoms with Gasteiger partial charge in [-0.1, -0.05) is 0 Å². The molecule has 0 bridgehead atoms. The Labute approximate surface area is 110 Å². The second-order valence-electron chi connectivity index (χ2n) is 4.37. The molecule has 1 aromatic rings. The SMILES string of the molecule is O=C(NC[C@@H]1CCOC1)Nc1ccc([N+](=O)[O-])cc1. The molecule has 0 unspecified atom stereocenters. The van der Waals surface area contributed by atoms with Gasteiger partial charge in [0, 0.05) is 36.9 Å². The Morgan fingerprint density at radius 1 is 1.42 bits per heavy atom. The van der Waals surface area contributed by atoms with E-state index in [1.54, 1.807) is 0 Å². The van der Waals surface area contributed by atoms with Gasteiger partial charge in [0.1, 0.15) is 0 Å². The molecule has 7 nitrogen and oxygen atoms in total. The summed E-state index contributed by atoms with van der Waals surface area (Å²) in [7, 11) is 0. The van der Waals surface area contributed by atoms with Crippen LogP contribution in [-0.4, -0.2) is 30.7 Å². The van der Waals surface area contributed by atoms with E-state index in [9.17, 15) is 14.9 Å². The molecule has 7 heteroatoms. The number of hydrogen-bond donors (Lipinski definition) is 2. The van der Waals surface area contributed by atoms with Gasteiger partial charge in [0.15, 0.2) is 0 Å². The van der Waals surface area contributed by atoms with Crippen LogP contribution < -0.4 is 10.6 Å². The first-order chi connectivity index (χ1) is 9.15. The van der Waals surface area contributed by atoms with Crippen LogP contribution in [0.4, 0.5) is 16.2 Å². The van der Waals surface area contributed by atoms with Gasteiger partial charge >= 0.3 is 6.03 Å². The zero-order chi connectivity index (χ0) is 13.7. The highest BCUT2D eigenvalue weighted by Gasteiger charge is 2.16. The summed E-state index contributed by atoms with van der Waals surface area (Å²) in [6.07, 6.45) is 0.956. The summed E-state index contributed by atoms with van der Waals surface area (Å²) >= 11 is 0. The zero-order valence-corrected chi connectivity index (χ0v) is 10.3. The van der Waals surface area contributed by atoms with Crippen molar-refractivity contribution in [2.24, 2.45) is 5.92 Å². The van der Waals surface area contributed by atoms with Gasteiger partial charge < -0.3 is 15.4 Å². The largest absolute Gasteiger partial charge is 0.381 e. The van der Waals surface area contributed by atoms with Gasteiger partial charge in [0.25, 0.3) is 5.69 Å². The number of nitrogens with one attached hydrogen (secondary N) is 2. The van der Waals surface area contributed by atoms with Gasteiger partial charge in [0.2, 0.25) is 0 Å². The number of benzene rings is 1. The van der Waals surface area contributed by atoms with Crippen molar-refractivity contribution in [1.29, 1.82) is 0 Å². The molecule has 2 amide bonds. The molecule has 0 saturated carbocycles. The van der Waals surface area contributed by atoms with E-state index in [1.807, 2.05) is 0 Å². The van der Waals surface area contributed by atoms with E-state index < -0.39 is 4.92 Å². The van der Waals surface area contributed by atoms with Crippen molar-refractivity contribution in [3.63, 3.8) is 0 Å². The molecule has 0 spiro atoms. The van der Waals surface area contributed by atoms with E-state index in [0.29, 0.717) is 24.8 Å². The lowest BCUT2D eigenvalue weighted by molar-refractivity contribution is -0.384. The number of nitro groups is 1. The number of carbonyl (C=O) groups excluding carboxylic acids is 1. The molecular weight excluding hydrogens is 250 g/mol. The van der Waals surface area contributed by atoms with E-state index in [0.717, 1.165) is 13.0 Å². The third-order valence-corrected chi connectivity index (χ3v) is 2.91. The van der Waals surface area contributed by atoms with Gasteiger partial charge in [-0.3, -0.25) is 10.1 Å². The molecule has 0 aromatic heterocycles. The number of nitro benzene ring substituents is 1. The first kappa shape index (κ1) is 13.3. The number of rotatable bonds is 4. The first-order valence-electron chi connectivity index (χ1n) is 6.02. The minimum Gasteiger partial charge on any atom is -0.381 e. The molecule has 1 atom stereocenters. The molecular formula is C12H15N3O4. The van der Waals surface area contributed by atoms with E-state index in [-0.39, 0.29) is 11.7 Å². The average Bonchev–Trinajstić information content (AvgIpc) is 2.90. The standard InChI is InChI=1S/C12H15N3O4/c16-12(13-7-9-5-6-19-8-9)14-10-1-3-11(4-2-10)15(17)18/h1-4,9H,5-8H2,(H2,13,14,16)/t9-/m0/s1. The second-order valence-corrected chi connectivity index (χ2v) is 4.37. The number of nitrogens with zero attached hydrogens (tertiary/aromatic N) is 1. The van der Waals surface area contributed by atoms with Gasteiger partial charge in [-0.2, -0.15) is 0 Å². The molecule has 1 saturated heterocycles. The Hall–Kier alpha value is -2.15. The third-order valence-electron chi connectivity index (χ3n) is 2.91. The number of non-ortho nitro benzene ring substituents is 1. The molecule has 1 aromatic carbocycles. The van der Waals surface area contributed by atoms with Crippen molar-refractivity contribution in [2.45, 2.75) is 6.42 Å². The molecule has 19 heavy (non-hydrogen) atoms. The van der Waals surface area contributed by atoms with Crippen molar-refractivity contribution >= 4 is 17.4 Å². The highest BCUT2D eigenvalue weighted by atomic mass is 16.6. The third kappa shape index (κ3) is 3.92. The minimum absolute atomic E-state index is 0.00550. The van der Waals surface area contributed by atoms with E-state index in [2.05, 4.69) is 10.6 Å². The first-order valence-corrected chi connectivity index (χ1v) is 6.02. The van der Waals surface area contributed by atoms with Crippen LogP contribution in [0.2, 0.25) is 0 Å². The summed E-state index contributed by atoms with van der Waals surface area (Å²) in [5, 5.41) is 15.8. The van der Waals surface area contributed by atoms with Crippen LogP contribution in [0.5, 0.6) is 0 Å². The lowest BCUT2D eigenvalue weighted by atomic mass is 10.1. The van der Waals surface area contributed by atoms with Crippen LogP contribution in [0, 0.1) is 16.0 Å². The van der Waals surface area contributed by atoms with Gasteiger partial charge in [0.05, 0.1) is 11.5 Å². The van der Waals surface area contributed by atoms with Crippen molar-refractivity contribution in [2.75, 3.05) is 25.1 Å².